The summed E-state index contributed by atoms with van der Waals surface area (Å²) < 4.78 is 71.3. The number of alkyl halides is 3. The van der Waals surface area contributed by atoms with Crippen molar-refractivity contribution in [3.8, 4) is 28.8 Å². The van der Waals surface area contributed by atoms with Crippen LogP contribution in [0.1, 0.15) is 5.69 Å². The van der Waals surface area contributed by atoms with Crippen LogP contribution in [0.4, 0.5) is 22.0 Å². The van der Waals surface area contributed by atoms with Crippen molar-refractivity contribution < 1.29 is 47.8 Å². The molecule has 12 heteroatoms. The average molecular weight is 612 g/mol. The fourth-order valence-corrected chi connectivity index (χ4v) is 2.39. The van der Waals surface area contributed by atoms with E-state index in [0.29, 0.717) is 6.07 Å². The molecular formula is C19H8F5N5OPt. The maximum Gasteiger partial charge on any atom is 2.00 e. The monoisotopic (exact) mass is 612 g/mol. The van der Waals surface area contributed by atoms with Crippen molar-refractivity contribution in [2.45, 2.75) is 6.18 Å². The first-order valence-corrected chi connectivity index (χ1v) is 8.21. The summed E-state index contributed by atoms with van der Waals surface area (Å²) >= 11 is 0. The summed E-state index contributed by atoms with van der Waals surface area (Å²) in [6, 6.07) is 12.7. The third kappa shape index (κ3) is 5.11. The van der Waals surface area contributed by atoms with Gasteiger partial charge in [0, 0.05) is 0 Å². The van der Waals surface area contributed by atoms with Crippen LogP contribution in [0.3, 0.4) is 0 Å². The standard InChI is InChI=1S/C19H8F5N5O.Pt/c20-14-8-7-11(18(21)26-14)12-3-1-5-16(25-12)30-17-6-2-4-15(27-17)29-10-9-13(28-29)19(22,23)24;/h1-6,8-9H;/q-2;+2. The summed E-state index contributed by atoms with van der Waals surface area (Å²) in [5.74, 6) is -2.07. The van der Waals surface area contributed by atoms with Gasteiger partial charge in [0.15, 0.2) is 0 Å². The van der Waals surface area contributed by atoms with Gasteiger partial charge in [0.2, 0.25) is 11.8 Å². The fourth-order valence-electron chi connectivity index (χ4n) is 2.39. The first-order chi connectivity index (χ1) is 14.3. The van der Waals surface area contributed by atoms with Crippen LogP contribution in [-0.4, -0.2) is 24.7 Å². The van der Waals surface area contributed by atoms with Crippen LogP contribution in [0, 0.1) is 24.2 Å². The van der Waals surface area contributed by atoms with Crippen LogP contribution in [-0.2, 0) is 27.2 Å². The molecule has 0 spiro atoms. The minimum atomic E-state index is -4.61. The number of nitrogens with zero attached hydrogens (tertiary/aromatic N) is 5. The van der Waals surface area contributed by atoms with E-state index in [2.05, 4.69) is 32.3 Å². The number of hydrogen-bond acceptors (Lipinski definition) is 5. The third-order valence-corrected chi connectivity index (χ3v) is 3.68. The van der Waals surface area contributed by atoms with Gasteiger partial charge in [-0.2, -0.15) is 13.2 Å². The topological polar surface area (TPSA) is 65.7 Å². The Labute approximate surface area is 186 Å². The predicted molar refractivity (Wildman–Crippen MR) is 91.5 cm³/mol. The predicted octanol–water partition coefficient (Wildman–Crippen LogP) is 4.41. The van der Waals surface area contributed by atoms with E-state index in [4.69, 9.17) is 4.74 Å². The Bertz CT molecular complexity index is 1210. The van der Waals surface area contributed by atoms with Crippen LogP contribution in [0.5, 0.6) is 11.8 Å². The van der Waals surface area contributed by atoms with E-state index in [1.807, 2.05) is 0 Å². The van der Waals surface area contributed by atoms with Crippen molar-refractivity contribution in [3.63, 3.8) is 0 Å². The zero-order valence-corrected chi connectivity index (χ0v) is 17.2. The Balaban J connectivity index is 0.00000272. The Morgan fingerprint density at radius 2 is 1.61 bits per heavy atom. The van der Waals surface area contributed by atoms with Crippen LogP contribution < -0.4 is 4.74 Å². The number of hydrogen-bond donors (Lipinski definition) is 0. The SMILES string of the molecule is Fc1c[c-]c(-c2cccc(Oc3cccc(-n4[c-]cc(C(F)(F)F)n4)n3)n2)c(F)n1.[Pt+2]. The second kappa shape index (κ2) is 8.89. The molecule has 0 aliphatic rings. The minimum Gasteiger partial charge on any atom is -0.423 e. The molecule has 6 nitrogen and oxygen atoms in total. The largest absolute Gasteiger partial charge is 2.00 e. The van der Waals surface area contributed by atoms with Gasteiger partial charge in [-0.1, -0.05) is 42.1 Å². The van der Waals surface area contributed by atoms with Crippen molar-refractivity contribution >= 4 is 0 Å². The second-order valence-electron chi connectivity index (χ2n) is 5.75. The van der Waals surface area contributed by atoms with Crippen molar-refractivity contribution in [3.05, 3.63) is 78.4 Å². The first kappa shape index (κ1) is 22.5. The molecule has 0 atom stereocenters. The Morgan fingerprint density at radius 3 is 2.29 bits per heavy atom. The number of halogens is 5. The fraction of sp³-hybridized carbons (Fsp3) is 0.0526. The molecule has 0 unspecified atom stereocenters. The van der Waals surface area contributed by atoms with Gasteiger partial charge in [-0.05, 0) is 17.8 Å². The molecule has 0 saturated heterocycles. The van der Waals surface area contributed by atoms with Crippen molar-refractivity contribution in [2.24, 2.45) is 0 Å². The van der Waals surface area contributed by atoms with E-state index in [1.54, 1.807) is 0 Å². The number of aromatic nitrogens is 5. The summed E-state index contributed by atoms with van der Waals surface area (Å²) in [5.41, 5.74) is -1.19. The molecule has 0 radical (unpaired) electrons. The molecule has 4 aromatic rings. The molecule has 31 heavy (non-hydrogen) atoms. The van der Waals surface area contributed by atoms with Crippen LogP contribution in [0.2, 0.25) is 0 Å². The average Bonchev–Trinajstić information content (AvgIpc) is 3.19. The smallest absolute Gasteiger partial charge is 0.423 e. The van der Waals surface area contributed by atoms with Crippen LogP contribution in [0.25, 0.3) is 17.1 Å². The van der Waals surface area contributed by atoms with E-state index in [9.17, 15) is 22.0 Å². The summed E-state index contributed by atoms with van der Waals surface area (Å²) in [6.07, 6.45) is -2.28. The zero-order valence-electron chi connectivity index (χ0n) is 15.0. The zero-order chi connectivity index (χ0) is 21.3. The maximum atomic E-state index is 13.9. The summed E-state index contributed by atoms with van der Waals surface area (Å²) in [7, 11) is 0. The molecule has 0 saturated carbocycles. The number of rotatable bonds is 4. The summed E-state index contributed by atoms with van der Waals surface area (Å²) in [5, 5.41) is 3.39. The minimum absolute atomic E-state index is 0. The van der Waals surface area contributed by atoms with Gasteiger partial charge in [0.25, 0.3) is 0 Å². The van der Waals surface area contributed by atoms with E-state index in [1.165, 1.54) is 36.4 Å². The molecule has 0 N–H and O–H groups in total. The van der Waals surface area contributed by atoms with Gasteiger partial charge in [-0.15, -0.1) is 12.1 Å². The molecule has 4 aromatic heterocycles. The Hall–Kier alpha value is -3.20. The maximum absolute atomic E-state index is 13.9. The molecule has 4 heterocycles. The third-order valence-electron chi connectivity index (χ3n) is 3.68. The van der Waals surface area contributed by atoms with E-state index < -0.39 is 23.8 Å². The quantitative estimate of drug-likeness (QED) is 0.194. The molecular weight excluding hydrogens is 604 g/mol. The Kier molecular flexibility index (Phi) is 6.45. The molecule has 0 fully saturated rings. The van der Waals surface area contributed by atoms with Gasteiger partial charge < -0.3 is 9.42 Å². The van der Waals surface area contributed by atoms with Crippen molar-refractivity contribution in [1.82, 2.24) is 24.7 Å². The van der Waals surface area contributed by atoms with E-state index >= 15 is 0 Å². The van der Waals surface area contributed by atoms with E-state index in [0.717, 1.165) is 10.7 Å². The summed E-state index contributed by atoms with van der Waals surface area (Å²) in [6.45, 7) is 0. The molecule has 4 rings (SSSR count). The van der Waals surface area contributed by atoms with Crippen LogP contribution in [0.15, 0.2) is 48.5 Å². The van der Waals surface area contributed by atoms with Gasteiger partial charge in [-0.25, -0.2) is 8.78 Å². The molecule has 0 bridgehead atoms. The number of pyridine rings is 3. The van der Waals surface area contributed by atoms with Crippen molar-refractivity contribution in [1.29, 1.82) is 0 Å². The van der Waals surface area contributed by atoms with Gasteiger partial charge in [0.05, 0.1) is 11.5 Å². The number of ether oxygens (including phenoxy) is 1. The van der Waals surface area contributed by atoms with Gasteiger partial charge in [-0.3, -0.25) is 20.1 Å². The van der Waals surface area contributed by atoms with E-state index in [-0.39, 0.29) is 49.9 Å². The molecule has 0 amide bonds. The Morgan fingerprint density at radius 1 is 0.903 bits per heavy atom. The van der Waals surface area contributed by atoms with Gasteiger partial charge in [0.1, 0.15) is 11.9 Å². The van der Waals surface area contributed by atoms with Gasteiger partial charge >= 0.3 is 27.2 Å². The molecule has 160 valence electrons. The van der Waals surface area contributed by atoms with Crippen molar-refractivity contribution in [2.75, 3.05) is 0 Å². The normalized spacial score (nSPS) is 11.1. The van der Waals surface area contributed by atoms with Crippen LogP contribution >= 0.6 is 0 Å². The molecule has 0 aliphatic carbocycles. The molecule has 0 aliphatic heterocycles. The first-order valence-electron chi connectivity index (χ1n) is 8.21. The summed E-state index contributed by atoms with van der Waals surface area (Å²) in [4.78, 5) is 11.2. The second-order valence-corrected chi connectivity index (χ2v) is 5.75. The molecule has 0 aromatic carbocycles.